The fraction of sp³-hybridized carbons (Fsp3) is 0.733. The van der Waals surface area contributed by atoms with Crippen molar-refractivity contribution in [1.82, 2.24) is 9.55 Å². The zero-order chi connectivity index (χ0) is 17.7. The van der Waals surface area contributed by atoms with E-state index in [9.17, 15) is 14.2 Å². The lowest BCUT2D eigenvalue weighted by molar-refractivity contribution is 0.0681. The average Bonchev–Trinajstić information content (AvgIpc) is 2.98. The molecule has 0 amide bonds. The van der Waals surface area contributed by atoms with E-state index >= 15 is 0 Å². The third-order valence-electron chi connectivity index (χ3n) is 4.02. The Hall–Kier alpha value is -1.21. The number of hydrogen-bond acceptors (Lipinski definition) is 6. The molecular weight excluding hydrogens is 335 g/mol. The van der Waals surface area contributed by atoms with Crippen LogP contribution in [-0.2, 0) is 18.3 Å². The summed E-state index contributed by atoms with van der Waals surface area (Å²) in [6.45, 7) is 5.75. The van der Waals surface area contributed by atoms with Gasteiger partial charge in [0.2, 0.25) is 0 Å². The number of ether oxygens (including phenoxy) is 1. The second kappa shape index (κ2) is 8.25. The molecule has 1 aromatic heterocycles. The Morgan fingerprint density at radius 3 is 2.54 bits per heavy atom. The van der Waals surface area contributed by atoms with E-state index in [-0.39, 0.29) is 24.1 Å². The minimum absolute atomic E-state index is 0.0448. The van der Waals surface area contributed by atoms with Gasteiger partial charge >= 0.3 is 13.3 Å². The van der Waals surface area contributed by atoms with Gasteiger partial charge in [0, 0.05) is 17.8 Å². The predicted octanol–water partition coefficient (Wildman–Crippen LogP) is 2.18. The Labute approximate surface area is 140 Å². The van der Waals surface area contributed by atoms with Gasteiger partial charge in [0.15, 0.2) is 0 Å². The molecule has 0 aromatic carbocycles. The number of rotatable bonds is 8. The highest BCUT2D eigenvalue weighted by molar-refractivity contribution is 7.53. The van der Waals surface area contributed by atoms with Crippen LogP contribution in [0.3, 0.4) is 0 Å². The van der Waals surface area contributed by atoms with Crippen molar-refractivity contribution in [1.29, 1.82) is 0 Å². The molecule has 1 saturated carbocycles. The van der Waals surface area contributed by atoms with Gasteiger partial charge in [-0.1, -0.05) is 0 Å². The van der Waals surface area contributed by atoms with Gasteiger partial charge in [0.1, 0.15) is 6.35 Å². The first-order valence-electron chi connectivity index (χ1n) is 8.20. The first kappa shape index (κ1) is 19.1. The maximum Gasteiger partial charge on any atom is 0.356 e. The average molecular weight is 360 g/mol. The molecule has 0 radical (unpaired) electrons. The van der Waals surface area contributed by atoms with E-state index < -0.39 is 13.3 Å². The minimum Gasteiger partial charge on any atom is -0.365 e. The van der Waals surface area contributed by atoms with Gasteiger partial charge in [-0.25, -0.2) is 4.79 Å². The van der Waals surface area contributed by atoms with E-state index in [4.69, 9.17) is 13.8 Å². The van der Waals surface area contributed by atoms with E-state index in [1.54, 1.807) is 31.5 Å². The van der Waals surface area contributed by atoms with Crippen LogP contribution < -0.4 is 11.2 Å². The molecule has 0 bridgehead atoms. The molecule has 1 heterocycles. The number of nitrogens with zero attached hydrogens (tertiary/aromatic N) is 1. The summed E-state index contributed by atoms with van der Waals surface area (Å²) in [6.07, 6.45) is 3.48. The Bertz CT molecular complexity index is 703. The molecule has 2 atom stereocenters. The van der Waals surface area contributed by atoms with Crippen molar-refractivity contribution in [2.45, 2.75) is 52.2 Å². The van der Waals surface area contributed by atoms with Crippen molar-refractivity contribution in [2.24, 2.45) is 0 Å². The van der Waals surface area contributed by atoms with E-state index in [0.29, 0.717) is 25.2 Å². The maximum atomic E-state index is 12.4. The van der Waals surface area contributed by atoms with Crippen LogP contribution in [0.25, 0.3) is 0 Å². The van der Waals surface area contributed by atoms with Crippen LogP contribution in [0.2, 0.25) is 0 Å². The van der Waals surface area contributed by atoms with Gasteiger partial charge in [-0.2, -0.15) is 0 Å². The molecule has 2 rings (SSSR count). The molecule has 0 unspecified atom stereocenters. The van der Waals surface area contributed by atoms with Crippen LogP contribution in [-0.4, -0.2) is 35.2 Å². The molecule has 1 aliphatic carbocycles. The predicted molar refractivity (Wildman–Crippen MR) is 89.5 cm³/mol. The summed E-state index contributed by atoms with van der Waals surface area (Å²) in [4.78, 5) is 25.7. The van der Waals surface area contributed by atoms with Gasteiger partial charge < -0.3 is 13.8 Å². The standard InChI is InChI=1S/C15H25N2O6P/c1-4-22-24(20,23-5-2)10-21-13-7-6-12(8-13)17-9-11(3)14(18)16-15(17)19/h9,12-13H,4-8,10H2,1-3H3,(H,16,18,19)/t12-,13+/m0/s1. The number of H-pyrrole nitrogens is 1. The summed E-state index contributed by atoms with van der Waals surface area (Å²) in [5, 5.41) is 0. The lowest BCUT2D eigenvalue weighted by atomic mass is 10.2. The summed E-state index contributed by atoms with van der Waals surface area (Å²) in [5.41, 5.74) is -0.280. The molecule has 136 valence electrons. The van der Waals surface area contributed by atoms with Gasteiger partial charge in [0.25, 0.3) is 5.56 Å². The van der Waals surface area contributed by atoms with Crippen molar-refractivity contribution in [2.75, 3.05) is 19.6 Å². The normalized spacial score (nSPS) is 21.3. The molecule has 1 N–H and O–H groups in total. The monoisotopic (exact) mass is 360 g/mol. The number of aromatic nitrogens is 2. The summed E-state index contributed by atoms with van der Waals surface area (Å²) < 4.78 is 30.1. The highest BCUT2D eigenvalue weighted by Crippen LogP contribution is 2.48. The fourth-order valence-corrected chi connectivity index (χ4v) is 4.28. The quantitative estimate of drug-likeness (QED) is 0.713. The molecule has 24 heavy (non-hydrogen) atoms. The number of aryl methyl sites for hydroxylation is 1. The fourth-order valence-electron chi connectivity index (χ4n) is 2.88. The largest absolute Gasteiger partial charge is 0.365 e. The first-order valence-corrected chi connectivity index (χ1v) is 9.93. The number of aromatic amines is 1. The molecule has 0 aliphatic heterocycles. The molecular formula is C15H25N2O6P. The van der Waals surface area contributed by atoms with Crippen molar-refractivity contribution in [3.05, 3.63) is 32.6 Å². The van der Waals surface area contributed by atoms with Gasteiger partial charge in [-0.3, -0.25) is 18.9 Å². The molecule has 8 nitrogen and oxygen atoms in total. The van der Waals surface area contributed by atoms with Crippen molar-refractivity contribution in [3.63, 3.8) is 0 Å². The highest BCUT2D eigenvalue weighted by atomic mass is 31.2. The third-order valence-corrected chi connectivity index (χ3v) is 5.78. The Balaban J connectivity index is 1.98. The second-order valence-electron chi connectivity index (χ2n) is 5.81. The van der Waals surface area contributed by atoms with Gasteiger partial charge in [-0.05, 0) is 40.0 Å². The molecule has 1 aliphatic rings. The Morgan fingerprint density at radius 2 is 1.92 bits per heavy atom. The van der Waals surface area contributed by atoms with Crippen molar-refractivity contribution in [3.8, 4) is 0 Å². The van der Waals surface area contributed by atoms with Gasteiger partial charge in [0.05, 0.1) is 19.3 Å². The van der Waals surface area contributed by atoms with Crippen molar-refractivity contribution < 1.29 is 18.3 Å². The minimum atomic E-state index is -3.23. The molecule has 1 aromatic rings. The molecule has 0 spiro atoms. The molecule has 1 fully saturated rings. The van der Waals surface area contributed by atoms with Crippen LogP contribution in [0.1, 0.15) is 44.7 Å². The number of hydrogen-bond donors (Lipinski definition) is 1. The van der Waals surface area contributed by atoms with Gasteiger partial charge in [-0.15, -0.1) is 0 Å². The SMILES string of the molecule is CCOP(=O)(CO[C@@H]1CC[C@H](n2cc(C)c(=O)[nH]c2=O)C1)OCC. The zero-order valence-corrected chi connectivity index (χ0v) is 15.2. The van der Waals surface area contributed by atoms with Crippen LogP contribution in [0.4, 0.5) is 0 Å². The zero-order valence-electron chi connectivity index (χ0n) is 14.3. The van der Waals surface area contributed by atoms with Crippen LogP contribution in [0.15, 0.2) is 15.8 Å². The smallest absolute Gasteiger partial charge is 0.356 e. The highest BCUT2D eigenvalue weighted by Gasteiger charge is 2.31. The molecule has 9 heteroatoms. The molecule has 0 saturated heterocycles. The number of nitrogens with one attached hydrogen (secondary N) is 1. The second-order valence-corrected chi connectivity index (χ2v) is 7.81. The summed E-state index contributed by atoms with van der Waals surface area (Å²) in [6, 6.07) is -0.0448. The summed E-state index contributed by atoms with van der Waals surface area (Å²) >= 11 is 0. The lowest BCUT2D eigenvalue weighted by Crippen LogP contribution is -2.32. The summed E-state index contributed by atoms with van der Waals surface area (Å²) in [7, 11) is -3.23. The van der Waals surface area contributed by atoms with Crippen molar-refractivity contribution >= 4 is 7.60 Å². The first-order chi connectivity index (χ1) is 11.4. The van der Waals surface area contributed by atoms with E-state index in [0.717, 1.165) is 12.8 Å². The Kier molecular flexibility index (Phi) is 6.57. The maximum absolute atomic E-state index is 12.4. The van der Waals surface area contributed by atoms with Crippen LogP contribution >= 0.6 is 7.60 Å². The summed E-state index contributed by atoms with van der Waals surface area (Å²) in [5.74, 6) is 0. The van der Waals surface area contributed by atoms with E-state index in [1.165, 1.54) is 0 Å². The van der Waals surface area contributed by atoms with Crippen LogP contribution in [0, 0.1) is 6.92 Å². The van der Waals surface area contributed by atoms with E-state index in [1.807, 2.05) is 0 Å². The van der Waals surface area contributed by atoms with Crippen LogP contribution in [0.5, 0.6) is 0 Å². The topological polar surface area (TPSA) is 99.6 Å². The van der Waals surface area contributed by atoms with E-state index in [2.05, 4.69) is 4.98 Å². The lowest BCUT2D eigenvalue weighted by Gasteiger charge is -2.20. The third kappa shape index (κ3) is 4.66. The Morgan fingerprint density at radius 1 is 1.25 bits per heavy atom.